The summed E-state index contributed by atoms with van der Waals surface area (Å²) >= 11 is 0. The summed E-state index contributed by atoms with van der Waals surface area (Å²) in [4.78, 5) is 49.3. The summed E-state index contributed by atoms with van der Waals surface area (Å²) in [5.74, 6) is -1.97. The topological polar surface area (TPSA) is 115 Å². The molecule has 2 aliphatic rings. The van der Waals surface area contributed by atoms with Gasteiger partial charge in [-0.15, -0.1) is 0 Å². The Hall–Kier alpha value is -3.96. The van der Waals surface area contributed by atoms with Gasteiger partial charge in [0.25, 0.3) is 0 Å². The number of H-pyrrole nitrogens is 1. The zero-order valence-electron chi connectivity index (χ0n) is 23.4. The van der Waals surface area contributed by atoms with E-state index >= 15 is 0 Å². The van der Waals surface area contributed by atoms with E-state index in [0.29, 0.717) is 51.0 Å². The van der Waals surface area contributed by atoms with Crippen molar-refractivity contribution in [2.45, 2.75) is 57.5 Å². The lowest BCUT2D eigenvalue weighted by molar-refractivity contribution is 0.163. The van der Waals surface area contributed by atoms with Crippen LogP contribution in [0.5, 0.6) is 0 Å². The summed E-state index contributed by atoms with van der Waals surface area (Å²) in [5, 5.41) is 5.99. The number of piperidine rings is 1. The summed E-state index contributed by atoms with van der Waals surface area (Å²) in [6.45, 7) is 5.89. The lowest BCUT2D eigenvalue weighted by atomic mass is 9.93. The van der Waals surface area contributed by atoms with Crippen molar-refractivity contribution in [3.63, 3.8) is 0 Å². The molecule has 41 heavy (non-hydrogen) atoms. The summed E-state index contributed by atoms with van der Waals surface area (Å²) < 4.78 is 30.4. The van der Waals surface area contributed by atoms with Crippen LogP contribution >= 0.6 is 0 Å². The Morgan fingerprint density at radius 2 is 1.80 bits per heavy atom. The molecule has 4 heterocycles. The molecule has 2 aliphatic heterocycles. The number of carbonyl (C=O) groups is 2. The molecule has 5 rings (SSSR count). The molecule has 0 bridgehead atoms. The number of hydrogen-bond donors (Lipinski definition) is 3. The number of amides is 4. The Kier molecular flexibility index (Phi) is 8.55. The highest BCUT2D eigenvalue weighted by atomic mass is 19.2. The number of aromatic amines is 1. The van der Waals surface area contributed by atoms with E-state index < -0.39 is 17.6 Å². The Morgan fingerprint density at radius 1 is 1.02 bits per heavy atom. The molecule has 10 nitrogen and oxygen atoms in total. The molecule has 3 aromatic rings. The minimum atomic E-state index is -0.915. The number of aromatic nitrogens is 3. The van der Waals surface area contributed by atoms with Crippen molar-refractivity contribution in [2.24, 2.45) is 5.92 Å². The summed E-state index contributed by atoms with van der Waals surface area (Å²) in [6.07, 6.45) is 3.86. The van der Waals surface area contributed by atoms with E-state index in [4.69, 9.17) is 0 Å². The first-order valence-corrected chi connectivity index (χ1v) is 14.3. The second-order valence-corrected chi connectivity index (χ2v) is 11.4. The standard InChI is InChI=1S/C29H37F2N7O3/c1-18(2)15-33-27(39)37-16-19(22-5-3-6-23(30)25(22)31)8-9-20(17-37)34-28(40)36-13-10-21(11-14-36)38-24-7-4-12-32-26(24)35-29(38)41/h3-7,12,18-21H,8-11,13-17H2,1-2H3,(H,33,39)(H,34,40)(H,32,35,41)/t19-,20-/m1/s1. The van der Waals surface area contributed by atoms with Crippen molar-refractivity contribution >= 4 is 23.2 Å². The van der Waals surface area contributed by atoms with Crippen molar-refractivity contribution in [1.29, 1.82) is 0 Å². The third-order valence-corrected chi connectivity index (χ3v) is 8.05. The van der Waals surface area contributed by atoms with Crippen LogP contribution in [-0.2, 0) is 0 Å². The van der Waals surface area contributed by atoms with Crippen molar-refractivity contribution in [3.8, 4) is 0 Å². The van der Waals surface area contributed by atoms with E-state index in [9.17, 15) is 23.2 Å². The van der Waals surface area contributed by atoms with E-state index in [1.165, 1.54) is 6.07 Å². The van der Waals surface area contributed by atoms with E-state index in [-0.39, 0.29) is 54.4 Å². The first kappa shape index (κ1) is 28.6. The van der Waals surface area contributed by atoms with E-state index in [0.717, 1.165) is 11.6 Å². The van der Waals surface area contributed by atoms with Crippen LogP contribution in [0.2, 0.25) is 0 Å². The minimum absolute atomic E-state index is 0.0514. The molecule has 2 atom stereocenters. The number of benzene rings is 1. The molecule has 0 unspecified atom stereocenters. The Bertz CT molecular complexity index is 1450. The molecule has 0 spiro atoms. The quantitative estimate of drug-likeness (QED) is 0.431. The predicted octanol–water partition coefficient (Wildman–Crippen LogP) is 3.96. The number of rotatable bonds is 5. The third-order valence-electron chi connectivity index (χ3n) is 8.05. The average molecular weight is 570 g/mol. The van der Waals surface area contributed by atoms with Gasteiger partial charge in [0.2, 0.25) is 0 Å². The zero-order chi connectivity index (χ0) is 29.1. The molecule has 2 fully saturated rings. The molecule has 220 valence electrons. The zero-order valence-corrected chi connectivity index (χ0v) is 23.4. The Morgan fingerprint density at radius 3 is 2.56 bits per heavy atom. The van der Waals surface area contributed by atoms with E-state index in [1.807, 2.05) is 19.9 Å². The smallest absolute Gasteiger partial charge is 0.327 e. The molecule has 0 aliphatic carbocycles. The largest absolute Gasteiger partial charge is 0.338 e. The van der Waals surface area contributed by atoms with Crippen molar-refractivity contribution in [1.82, 2.24) is 35.0 Å². The first-order valence-electron chi connectivity index (χ1n) is 14.3. The minimum Gasteiger partial charge on any atom is -0.338 e. The molecule has 0 radical (unpaired) electrons. The van der Waals surface area contributed by atoms with E-state index in [2.05, 4.69) is 20.6 Å². The number of fused-ring (bicyclic) bond motifs is 1. The van der Waals surface area contributed by atoms with Crippen LogP contribution in [0.4, 0.5) is 18.4 Å². The molecule has 1 aromatic carbocycles. The Labute approximate surface area is 237 Å². The number of nitrogens with one attached hydrogen (secondary N) is 3. The molecule has 12 heteroatoms. The number of urea groups is 2. The van der Waals surface area contributed by atoms with Gasteiger partial charge in [-0.05, 0) is 55.4 Å². The van der Waals surface area contributed by atoms with Crippen LogP contribution < -0.4 is 16.3 Å². The SMILES string of the molecule is CC(C)CNC(=O)N1C[C@H](NC(=O)N2CCC(n3c(=O)[nH]c4ncccc43)CC2)CC[C@@H](c2cccc(F)c2F)C1. The molecule has 0 saturated carbocycles. The maximum absolute atomic E-state index is 14.7. The van der Waals surface area contributed by atoms with Crippen molar-refractivity contribution in [2.75, 3.05) is 32.7 Å². The molecule has 3 N–H and O–H groups in total. The fraction of sp³-hybridized carbons (Fsp3) is 0.517. The molecule has 2 saturated heterocycles. The van der Waals surface area contributed by atoms with Crippen LogP contribution in [-0.4, -0.2) is 75.2 Å². The van der Waals surface area contributed by atoms with Gasteiger partial charge < -0.3 is 20.4 Å². The highest BCUT2D eigenvalue weighted by Gasteiger charge is 2.32. The fourth-order valence-electron chi connectivity index (χ4n) is 5.88. The number of halogens is 2. The van der Waals surface area contributed by atoms with Gasteiger partial charge in [0.05, 0.1) is 5.52 Å². The number of carbonyl (C=O) groups excluding carboxylic acids is 2. The van der Waals surface area contributed by atoms with Gasteiger partial charge in [0, 0.05) is 56.9 Å². The van der Waals surface area contributed by atoms with Gasteiger partial charge >= 0.3 is 17.8 Å². The number of nitrogens with zero attached hydrogens (tertiary/aromatic N) is 4. The maximum Gasteiger partial charge on any atom is 0.327 e. The number of pyridine rings is 1. The van der Waals surface area contributed by atoms with Crippen LogP contribution in [0.25, 0.3) is 11.2 Å². The monoisotopic (exact) mass is 569 g/mol. The fourth-order valence-corrected chi connectivity index (χ4v) is 5.88. The number of imidazole rings is 1. The average Bonchev–Trinajstić information content (AvgIpc) is 3.15. The van der Waals surface area contributed by atoms with Crippen molar-refractivity contribution < 1.29 is 18.4 Å². The van der Waals surface area contributed by atoms with Crippen LogP contribution in [0.3, 0.4) is 0 Å². The Balaban J connectivity index is 1.25. The summed E-state index contributed by atoms with van der Waals surface area (Å²) in [5.41, 5.74) is 1.33. The van der Waals surface area contributed by atoms with Crippen molar-refractivity contribution in [3.05, 3.63) is 64.2 Å². The normalized spacial score (nSPS) is 20.3. The maximum atomic E-state index is 14.7. The van der Waals surface area contributed by atoms with Crippen LogP contribution in [0.1, 0.15) is 57.1 Å². The molecule has 2 aromatic heterocycles. The molecular weight excluding hydrogens is 532 g/mol. The third kappa shape index (κ3) is 6.36. The second-order valence-electron chi connectivity index (χ2n) is 11.4. The second kappa shape index (κ2) is 12.3. The predicted molar refractivity (Wildman–Crippen MR) is 151 cm³/mol. The summed E-state index contributed by atoms with van der Waals surface area (Å²) in [7, 11) is 0. The van der Waals surface area contributed by atoms with Gasteiger partial charge in [-0.25, -0.2) is 28.1 Å². The molecule has 4 amide bonds. The highest BCUT2D eigenvalue weighted by Crippen LogP contribution is 2.30. The highest BCUT2D eigenvalue weighted by molar-refractivity contribution is 5.76. The number of hydrogen-bond acceptors (Lipinski definition) is 4. The van der Waals surface area contributed by atoms with Gasteiger partial charge in [-0.1, -0.05) is 26.0 Å². The number of likely N-dealkylation sites (tertiary alicyclic amines) is 2. The van der Waals surface area contributed by atoms with Gasteiger partial charge in [-0.2, -0.15) is 0 Å². The van der Waals surface area contributed by atoms with E-state index in [1.54, 1.807) is 32.7 Å². The van der Waals surface area contributed by atoms with Gasteiger partial charge in [0.1, 0.15) is 0 Å². The van der Waals surface area contributed by atoms with Gasteiger partial charge in [0.15, 0.2) is 17.3 Å². The van der Waals surface area contributed by atoms with Crippen LogP contribution in [0, 0.1) is 17.6 Å². The van der Waals surface area contributed by atoms with Gasteiger partial charge in [-0.3, -0.25) is 9.55 Å². The molecular formula is C29H37F2N7O3. The summed E-state index contributed by atoms with van der Waals surface area (Å²) in [6, 6.07) is 6.84. The lowest BCUT2D eigenvalue weighted by Crippen LogP contribution is -2.52. The van der Waals surface area contributed by atoms with Crippen LogP contribution in [0.15, 0.2) is 41.3 Å². The first-order chi connectivity index (χ1) is 19.7. The lowest BCUT2D eigenvalue weighted by Gasteiger charge is -2.34.